The molecule has 1 aromatic rings. The average Bonchev–Trinajstić information content (AvgIpc) is 2.79. The summed E-state index contributed by atoms with van der Waals surface area (Å²) in [6.45, 7) is 10.2. The minimum atomic E-state index is -1.07. The predicted octanol–water partition coefficient (Wildman–Crippen LogP) is 3.48. The summed E-state index contributed by atoms with van der Waals surface area (Å²) >= 11 is 0. The van der Waals surface area contributed by atoms with Crippen LogP contribution in [0.2, 0.25) is 0 Å². The van der Waals surface area contributed by atoms with Gasteiger partial charge in [0.15, 0.2) is 5.76 Å². The van der Waals surface area contributed by atoms with Gasteiger partial charge in [-0.1, -0.05) is 27.7 Å². The molecule has 118 valence electrons. The Morgan fingerprint density at radius 3 is 2.43 bits per heavy atom. The molecule has 0 aliphatic rings. The number of rotatable bonds is 6. The monoisotopic (exact) mass is 295 g/mol. The van der Waals surface area contributed by atoms with Crippen molar-refractivity contribution in [3.05, 3.63) is 23.2 Å². The number of hydrogen-bond donors (Lipinski definition) is 2. The van der Waals surface area contributed by atoms with Crippen LogP contribution in [0.1, 0.15) is 74.1 Å². The lowest BCUT2D eigenvalue weighted by Crippen LogP contribution is -2.33. The van der Waals surface area contributed by atoms with Crippen LogP contribution in [0.15, 0.2) is 10.5 Å². The summed E-state index contributed by atoms with van der Waals surface area (Å²) in [6.07, 6.45) is 2.30. The molecule has 21 heavy (non-hydrogen) atoms. The Morgan fingerprint density at radius 1 is 1.38 bits per heavy atom. The molecule has 2 N–H and O–H groups in total. The zero-order valence-corrected chi connectivity index (χ0v) is 13.4. The second-order valence-corrected chi connectivity index (χ2v) is 6.58. The molecular weight excluding hydrogens is 270 g/mol. The number of furan rings is 1. The molecular formula is C16H25NO4. The Kier molecular flexibility index (Phi) is 5.58. The molecule has 0 saturated heterocycles. The van der Waals surface area contributed by atoms with Crippen molar-refractivity contribution in [2.24, 2.45) is 5.41 Å². The smallest absolute Gasteiger partial charge is 0.339 e. The zero-order chi connectivity index (χ0) is 16.2. The highest BCUT2D eigenvalue weighted by Gasteiger charge is 2.21. The molecule has 1 heterocycles. The Labute approximate surface area is 125 Å². The van der Waals surface area contributed by atoms with Gasteiger partial charge in [0, 0.05) is 18.5 Å². The number of hydrogen-bond acceptors (Lipinski definition) is 3. The molecule has 0 aliphatic carbocycles. The van der Waals surface area contributed by atoms with E-state index in [1.54, 1.807) is 6.92 Å². The number of carbonyl (C=O) groups is 2. The Morgan fingerprint density at radius 2 is 2.00 bits per heavy atom. The zero-order valence-electron chi connectivity index (χ0n) is 13.4. The van der Waals surface area contributed by atoms with Crippen molar-refractivity contribution in [2.75, 3.05) is 0 Å². The van der Waals surface area contributed by atoms with Gasteiger partial charge in [0.1, 0.15) is 11.3 Å². The van der Waals surface area contributed by atoms with E-state index < -0.39 is 5.97 Å². The molecule has 1 atom stereocenters. The van der Waals surface area contributed by atoms with E-state index in [4.69, 9.17) is 9.52 Å². The van der Waals surface area contributed by atoms with E-state index in [0.29, 0.717) is 12.2 Å². The minimum Gasteiger partial charge on any atom is -0.478 e. The maximum atomic E-state index is 12.1. The number of aryl methyl sites for hydroxylation is 1. The molecule has 0 spiro atoms. The van der Waals surface area contributed by atoms with Gasteiger partial charge in [-0.05, 0) is 25.2 Å². The molecule has 5 heteroatoms. The first kappa shape index (κ1) is 17.3. The van der Waals surface area contributed by atoms with Gasteiger partial charge in [0.05, 0.1) is 0 Å². The van der Waals surface area contributed by atoms with Crippen molar-refractivity contribution in [3.63, 3.8) is 0 Å². The second kappa shape index (κ2) is 6.78. The van der Waals surface area contributed by atoms with Crippen LogP contribution < -0.4 is 5.32 Å². The number of carboxylic acid groups (broad SMARTS) is 1. The molecule has 1 rings (SSSR count). The number of carboxylic acids is 1. The van der Waals surface area contributed by atoms with Crippen molar-refractivity contribution in [1.29, 1.82) is 0 Å². The highest BCUT2D eigenvalue weighted by atomic mass is 16.4. The molecule has 0 aromatic carbocycles. The topological polar surface area (TPSA) is 79.5 Å². The van der Waals surface area contributed by atoms with Gasteiger partial charge >= 0.3 is 5.97 Å². The quantitative estimate of drug-likeness (QED) is 0.842. The molecule has 0 fully saturated rings. The number of nitrogens with one attached hydrogen (secondary N) is 1. The number of amides is 1. The maximum Gasteiger partial charge on any atom is 0.339 e. The highest BCUT2D eigenvalue weighted by molar-refractivity contribution is 5.96. The van der Waals surface area contributed by atoms with Crippen LogP contribution in [0.25, 0.3) is 0 Å². The summed E-state index contributed by atoms with van der Waals surface area (Å²) in [5, 5.41) is 11.9. The third-order valence-corrected chi connectivity index (χ3v) is 3.29. The van der Waals surface area contributed by atoms with Gasteiger partial charge in [-0.25, -0.2) is 4.79 Å². The van der Waals surface area contributed by atoms with Gasteiger partial charge in [0.2, 0.25) is 0 Å². The number of carbonyl (C=O) groups excluding carboxylic acids is 1. The summed E-state index contributed by atoms with van der Waals surface area (Å²) in [6, 6.07) is 1.31. The fourth-order valence-corrected chi connectivity index (χ4v) is 2.00. The fourth-order valence-electron chi connectivity index (χ4n) is 2.00. The third kappa shape index (κ3) is 5.25. The minimum absolute atomic E-state index is 0.0141. The van der Waals surface area contributed by atoms with Crippen LogP contribution in [-0.2, 0) is 6.42 Å². The third-order valence-electron chi connectivity index (χ3n) is 3.29. The van der Waals surface area contributed by atoms with Gasteiger partial charge in [0.25, 0.3) is 5.91 Å². The molecule has 0 saturated carbocycles. The highest BCUT2D eigenvalue weighted by Crippen LogP contribution is 2.22. The lowest BCUT2D eigenvalue weighted by Gasteiger charge is -2.21. The summed E-state index contributed by atoms with van der Waals surface area (Å²) < 4.78 is 5.34. The van der Waals surface area contributed by atoms with Crippen molar-refractivity contribution in [3.8, 4) is 0 Å². The normalized spacial score (nSPS) is 13.0. The largest absolute Gasteiger partial charge is 0.478 e. The molecule has 1 amide bonds. The van der Waals surface area contributed by atoms with Gasteiger partial charge in [-0.15, -0.1) is 0 Å². The van der Waals surface area contributed by atoms with E-state index in [1.165, 1.54) is 6.07 Å². The average molecular weight is 295 g/mol. The Balaban J connectivity index is 2.69. The van der Waals surface area contributed by atoms with Crippen molar-refractivity contribution in [2.45, 2.75) is 59.9 Å². The van der Waals surface area contributed by atoms with Crippen molar-refractivity contribution < 1.29 is 19.1 Å². The van der Waals surface area contributed by atoms with E-state index in [0.717, 1.165) is 12.8 Å². The molecule has 5 nitrogen and oxygen atoms in total. The predicted molar refractivity (Wildman–Crippen MR) is 80.7 cm³/mol. The first-order valence-electron chi connectivity index (χ1n) is 7.31. The van der Waals surface area contributed by atoms with E-state index in [1.807, 2.05) is 6.92 Å². The van der Waals surface area contributed by atoms with Crippen LogP contribution in [0.4, 0.5) is 0 Å². The lowest BCUT2D eigenvalue weighted by atomic mass is 9.89. The summed E-state index contributed by atoms with van der Waals surface area (Å²) in [4.78, 5) is 23.1. The molecule has 1 aromatic heterocycles. The summed E-state index contributed by atoms with van der Waals surface area (Å²) in [5.74, 6) is -1.05. The van der Waals surface area contributed by atoms with Gasteiger partial charge < -0.3 is 14.8 Å². The standard InChI is InChI=1S/C16H25NO4/c1-6-12-11(15(19)20)9-13(21-12)14(18)17-10(2)7-8-16(3,4)5/h9-10H,6-8H2,1-5H3,(H,17,18)(H,19,20). The fraction of sp³-hybridized carbons (Fsp3) is 0.625. The molecule has 0 aliphatic heterocycles. The van der Waals surface area contributed by atoms with E-state index in [9.17, 15) is 9.59 Å². The van der Waals surface area contributed by atoms with E-state index in [-0.39, 0.29) is 28.7 Å². The number of aromatic carboxylic acids is 1. The molecule has 0 radical (unpaired) electrons. The van der Waals surface area contributed by atoms with Gasteiger partial charge in [-0.3, -0.25) is 4.79 Å². The summed E-state index contributed by atoms with van der Waals surface area (Å²) in [7, 11) is 0. The van der Waals surface area contributed by atoms with Gasteiger partial charge in [-0.2, -0.15) is 0 Å². The molecule has 0 bridgehead atoms. The first-order chi connectivity index (χ1) is 9.64. The Bertz CT molecular complexity index is 511. The summed E-state index contributed by atoms with van der Waals surface area (Å²) in [5.41, 5.74) is 0.278. The van der Waals surface area contributed by atoms with Crippen LogP contribution in [0, 0.1) is 5.41 Å². The maximum absolute atomic E-state index is 12.1. The molecule has 1 unspecified atom stereocenters. The second-order valence-electron chi connectivity index (χ2n) is 6.58. The van der Waals surface area contributed by atoms with Crippen LogP contribution >= 0.6 is 0 Å². The van der Waals surface area contributed by atoms with Crippen LogP contribution in [-0.4, -0.2) is 23.0 Å². The van der Waals surface area contributed by atoms with Crippen LogP contribution in [0.3, 0.4) is 0 Å². The first-order valence-corrected chi connectivity index (χ1v) is 7.31. The van der Waals surface area contributed by atoms with Crippen molar-refractivity contribution in [1.82, 2.24) is 5.32 Å². The lowest BCUT2D eigenvalue weighted by molar-refractivity contribution is 0.0694. The SMILES string of the molecule is CCc1oc(C(=O)NC(C)CCC(C)(C)C)cc1C(=O)O. The Hall–Kier alpha value is -1.78. The van der Waals surface area contributed by atoms with Crippen LogP contribution in [0.5, 0.6) is 0 Å². The van der Waals surface area contributed by atoms with E-state index >= 15 is 0 Å². The van der Waals surface area contributed by atoms with Crippen molar-refractivity contribution >= 4 is 11.9 Å². The van der Waals surface area contributed by atoms with E-state index in [2.05, 4.69) is 26.1 Å².